The first-order chi connectivity index (χ1) is 10.9. The molecule has 9 heteroatoms. The predicted octanol–water partition coefficient (Wildman–Crippen LogP) is 1.89. The summed E-state index contributed by atoms with van der Waals surface area (Å²) < 4.78 is 26.1. The van der Waals surface area contributed by atoms with E-state index in [1.54, 1.807) is 11.8 Å². The van der Waals surface area contributed by atoms with Crippen LogP contribution < -0.4 is 16.0 Å². The lowest BCUT2D eigenvalue weighted by Gasteiger charge is -2.18. The lowest BCUT2D eigenvalue weighted by Crippen LogP contribution is -2.44. The first-order valence-electron chi connectivity index (χ1n) is 7.16. The van der Waals surface area contributed by atoms with Gasteiger partial charge in [0.25, 0.3) is 5.92 Å². The monoisotopic (exact) mass is 379 g/mol. The molecule has 134 valence electrons. The number of nitrogens with zero attached hydrogens (tertiary/aromatic N) is 1. The fourth-order valence-electron chi connectivity index (χ4n) is 2.33. The smallest absolute Gasteiger partial charge is 0.277 e. The normalized spacial score (nSPS) is 17.6. The van der Waals surface area contributed by atoms with Gasteiger partial charge in [0, 0.05) is 23.5 Å². The number of anilines is 1. The molecular weight excluding hydrogens is 360 g/mol. The molecule has 5 nitrogen and oxygen atoms in total. The Morgan fingerprint density at radius 2 is 2.04 bits per heavy atom. The van der Waals surface area contributed by atoms with E-state index in [9.17, 15) is 18.4 Å². The molecule has 0 spiro atoms. The van der Waals surface area contributed by atoms with Crippen LogP contribution >= 0.6 is 24.2 Å². The van der Waals surface area contributed by atoms with Gasteiger partial charge in [-0.15, -0.1) is 24.2 Å². The summed E-state index contributed by atoms with van der Waals surface area (Å²) in [6.07, 6.45) is 1.97. The number of halogens is 3. The number of hydrogen-bond acceptors (Lipinski definition) is 4. The second kappa shape index (κ2) is 8.64. The lowest BCUT2D eigenvalue weighted by molar-refractivity contribution is -0.127. The van der Waals surface area contributed by atoms with E-state index in [0.29, 0.717) is 5.69 Å². The third-order valence-corrected chi connectivity index (χ3v) is 4.44. The van der Waals surface area contributed by atoms with Gasteiger partial charge < -0.3 is 16.0 Å². The van der Waals surface area contributed by atoms with Crippen LogP contribution in [-0.4, -0.2) is 43.6 Å². The fraction of sp³-hybridized carbons (Fsp3) is 0.467. The minimum atomic E-state index is -3.13. The molecule has 1 unspecified atom stereocenters. The third-order valence-electron chi connectivity index (χ3n) is 3.70. The van der Waals surface area contributed by atoms with Gasteiger partial charge in [-0.05, 0) is 30.5 Å². The Labute approximate surface area is 149 Å². The molecule has 24 heavy (non-hydrogen) atoms. The van der Waals surface area contributed by atoms with E-state index in [-0.39, 0.29) is 31.3 Å². The SMILES string of the molecule is CSc1ccc(N2CC(C(=O)NCC(F)(F)CN)CC2=O)cc1.Cl. The Hall–Kier alpha value is -1.38. The Kier molecular flexibility index (Phi) is 7.44. The molecule has 1 aliphatic rings. The molecule has 0 saturated carbocycles. The number of amides is 2. The Morgan fingerprint density at radius 1 is 1.42 bits per heavy atom. The highest BCUT2D eigenvalue weighted by atomic mass is 35.5. The highest BCUT2D eigenvalue weighted by Gasteiger charge is 2.36. The highest BCUT2D eigenvalue weighted by Crippen LogP contribution is 2.27. The largest absolute Gasteiger partial charge is 0.350 e. The van der Waals surface area contributed by atoms with Crippen LogP contribution in [0.4, 0.5) is 14.5 Å². The zero-order chi connectivity index (χ0) is 17.0. The minimum Gasteiger partial charge on any atom is -0.350 e. The maximum Gasteiger partial charge on any atom is 0.277 e. The highest BCUT2D eigenvalue weighted by molar-refractivity contribution is 7.98. The Bertz CT molecular complexity index is 587. The van der Waals surface area contributed by atoms with Crippen molar-refractivity contribution in [2.75, 3.05) is 30.8 Å². The number of thioether (sulfide) groups is 1. The molecule has 1 saturated heterocycles. The number of rotatable bonds is 6. The van der Waals surface area contributed by atoms with Gasteiger partial charge in [0.1, 0.15) is 0 Å². The van der Waals surface area contributed by atoms with Crippen molar-refractivity contribution in [1.82, 2.24) is 5.32 Å². The molecule has 3 N–H and O–H groups in total. The van der Waals surface area contributed by atoms with Crippen LogP contribution in [0.2, 0.25) is 0 Å². The summed E-state index contributed by atoms with van der Waals surface area (Å²) in [6, 6.07) is 7.41. The number of carbonyl (C=O) groups excluding carboxylic acids is 2. The summed E-state index contributed by atoms with van der Waals surface area (Å²) in [5.41, 5.74) is 5.63. The summed E-state index contributed by atoms with van der Waals surface area (Å²) in [7, 11) is 0. The molecule has 2 rings (SSSR count). The maximum atomic E-state index is 13.1. The molecule has 2 amide bonds. The molecule has 1 fully saturated rings. The van der Waals surface area contributed by atoms with E-state index in [1.807, 2.05) is 30.5 Å². The van der Waals surface area contributed by atoms with E-state index >= 15 is 0 Å². The molecule has 1 aromatic rings. The van der Waals surface area contributed by atoms with Crippen molar-refractivity contribution in [2.24, 2.45) is 11.7 Å². The average Bonchev–Trinajstić information content (AvgIpc) is 2.94. The Balaban J connectivity index is 0.00000288. The summed E-state index contributed by atoms with van der Waals surface area (Å²) >= 11 is 1.59. The van der Waals surface area contributed by atoms with Gasteiger partial charge in [-0.25, -0.2) is 8.78 Å². The molecule has 0 radical (unpaired) electrons. The lowest BCUT2D eigenvalue weighted by atomic mass is 10.1. The number of nitrogens with one attached hydrogen (secondary N) is 1. The zero-order valence-corrected chi connectivity index (χ0v) is 14.8. The quantitative estimate of drug-likeness (QED) is 0.740. The zero-order valence-electron chi connectivity index (χ0n) is 13.1. The van der Waals surface area contributed by atoms with Crippen LogP contribution in [0.1, 0.15) is 6.42 Å². The second-order valence-corrected chi connectivity index (χ2v) is 6.26. The third kappa shape index (κ3) is 5.06. The van der Waals surface area contributed by atoms with Crippen LogP contribution in [-0.2, 0) is 9.59 Å². The van der Waals surface area contributed by atoms with Gasteiger partial charge in [0.15, 0.2) is 0 Å². The first-order valence-corrected chi connectivity index (χ1v) is 8.39. The summed E-state index contributed by atoms with van der Waals surface area (Å²) in [5, 5.41) is 2.18. The van der Waals surface area contributed by atoms with Crippen molar-refractivity contribution in [3.8, 4) is 0 Å². The van der Waals surface area contributed by atoms with E-state index < -0.39 is 30.8 Å². The van der Waals surface area contributed by atoms with Gasteiger partial charge in [0.05, 0.1) is 19.0 Å². The minimum absolute atomic E-state index is 0. The van der Waals surface area contributed by atoms with Gasteiger partial charge in [0.2, 0.25) is 11.8 Å². The topological polar surface area (TPSA) is 75.4 Å². The first kappa shape index (κ1) is 20.7. The van der Waals surface area contributed by atoms with Crippen molar-refractivity contribution >= 4 is 41.7 Å². The van der Waals surface area contributed by atoms with Crippen LogP contribution in [0.5, 0.6) is 0 Å². The molecule has 0 bridgehead atoms. The number of nitrogens with two attached hydrogens (primary N) is 1. The Morgan fingerprint density at radius 3 is 2.58 bits per heavy atom. The van der Waals surface area contributed by atoms with Gasteiger partial charge in [-0.3, -0.25) is 9.59 Å². The number of alkyl halides is 2. The average molecular weight is 380 g/mol. The van der Waals surface area contributed by atoms with Crippen LogP contribution in [0.15, 0.2) is 29.2 Å². The molecular formula is C15H20ClF2N3O2S. The predicted molar refractivity (Wildman–Crippen MR) is 92.9 cm³/mol. The maximum absolute atomic E-state index is 13.1. The van der Waals surface area contributed by atoms with Crippen molar-refractivity contribution in [3.63, 3.8) is 0 Å². The van der Waals surface area contributed by atoms with Gasteiger partial charge in [-0.2, -0.15) is 0 Å². The van der Waals surface area contributed by atoms with Gasteiger partial charge >= 0.3 is 0 Å². The van der Waals surface area contributed by atoms with E-state index in [0.717, 1.165) is 4.90 Å². The number of benzene rings is 1. The van der Waals surface area contributed by atoms with Crippen molar-refractivity contribution in [1.29, 1.82) is 0 Å². The molecule has 1 atom stereocenters. The van der Waals surface area contributed by atoms with Crippen molar-refractivity contribution < 1.29 is 18.4 Å². The summed E-state index contributed by atoms with van der Waals surface area (Å²) in [4.78, 5) is 26.6. The van der Waals surface area contributed by atoms with Crippen molar-refractivity contribution in [3.05, 3.63) is 24.3 Å². The summed E-state index contributed by atoms with van der Waals surface area (Å²) in [6.45, 7) is -1.45. The summed E-state index contributed by atoms with van der Waals surface area (Å²) in [5.74, 6) is -4.50. The van der Waals surface area contributed by atoms with Gasteiger partial charge in [-0.1, -0.05) is 0 Å². The molecule has 1 heterocycles. The van der Waals surface area contributed by atoms with E-state index in [1.165, 1.54) is 4.90 Å². The molecule has 0 aromatic heterocycles. The van der Waals surface area contributed by atoms with E-state index in [4.69, 9.17) is 5.73 Å². The van der Waals surface area contributed by atoms with E-state index in [2.05, 4.69) is 5.32 Å². The standard InChI is InChI=1S/C15H19F2N3O2S.ClH/c1-23-12-4-2-11(3-5-12)20-7-10(6-13(20)21)14(22)19-9-15(16,17)8-18;/h2-5,10H,6-9,18H2,1H3,(H,19,22);1H. The number of hydrogen-bond donors (Lipinski definition) is 2. The van der Waals surface area contributed by atoms with Crippen LogP contribution in [0, 0.1) is 5.92 Å². The molecule has 1 aromatic carbocycles. The molecule has 1 aliphatic heterocycles. The fourth-order valence-corrected chi connectivity index (χ4v) is 2.74. The molecule has 0 aliphatic carbocycles. The second-order valence-electron chi connectivity index (χ2n) is 5.38. The van der Waals surface area contributed by atoms with Crippen LogP contribution in [0.25, 0.3) is 0 Å². The number of carbonyl (C=O) groups is 2. The van der Waals surface area contributed by atoms with Crippen LogP contribution in [0.3, 0.4) is 0 Å². The van der Waals surface area contributed by atoms with Crippen molar-refractivity contribution in [2.45, 2.75) is 17.2 Å².